The molecule has 0 saturated carbocycles. The molecule has 1 aliphatic heterocycles. The van der Waals surface area contributed by atoms with Crippen LogP contribution in [0.25, 0.3) is 33.1 Å². The van der Waals surface area contributed by atoms with E-state index in [0.29, 0.717) is 43.7 Å². The van der Waals surface area contributed by atoms with Crippen molar-refractivity contribution < 1.29 is 21.2 Å². The lowest BCUT2D eigenvalue weighted by Gasteiger charge is -2.32. The summed E-state index contributed by atoms with van der Waals surface area (Å²) in [6.45, 7) is 2.66. The zero-order valence-electron chi connectivity index (χ0n) is 21.1. The summed E-state index contributed by atoms with van der Waals surface area (Å²) in [5.74, 6) is 0.230. The Labute approximate surface area is 225 Å². The third kappa shape index (κ3) is 4.84. The summed E-state index contributed by atoms with van der Waals surface area (Å²) in [7, 11) is -7.15. The molecule has 202 valence electrons. The highest BCUT2D eigenvalue weighted by Crippen LogP contribution is 2.34. The van der Waals surface area contributed by atoms with Gasteiger partial charge in [-0.3, -0.25) is 4.90 Å². The molecule has 0 unspecified atom stereocenters. The first-order valence-electron chi connectivity index (χ1n) is 12.4. The van der Waals surface area contributed by atoms with E-state index >= 15 is 0 Å². The average molecular weight is 568 g/mol. The number of benzene rings is 3. The molecule has 3 aromatic carbocycles. The van der Waals surface area contributed by atoms with E-state index in [1.807, 2.05) is 18.2 Å². The molecule has 1 saturated heterocycles. The maximum Gasteiger partial charge on any atom is 0.268 e. The second-order valence-corrected chi connectivity index (χ2v) is 13.5. The Bertz CT molecular complexity index is 1910. The van der Waals surface area contributed by atoms with Crippen LogP contribution < -0.4 is 0 Å². The number of aromatic nitrogens is 3. The standard InChI is InChI=1S/C27H26FN5O4S2/c1-38(34,35)32-13-11-31(12-14-32)18-27-29-24-10-7-19(15-25(24)30-27)23-17-33(26-16-20(28)8-9-22(23)26)39(36,37)21-5-3-2-4-6-21/h2-10,15-17H,11-14,18H2,1H3,(H,29,30). The van der Waals surface area contributed by atoms with Crippen LogP contribution in [0.1, 0.15) is 5.82 Å². The molecule has 6 rings (SSSR count). The number of nitrogens with zero attached hydrogens (tertiary/aromatic N) is 4. The van der Waals surface area contributed by atoms with Crippen molar-refractivity contribution >= 4 is 42.0 Å². The number of H-pyrrole nitrogens is 1. The maximum atomic E-state index is 14.2. The molecule has 0 atom stereocenters. The Balaban J connectivity index is 1.34. The summed E-state index contributed by atoms with van der Waals surface area (Å²) in [6, 6.07) is 17.9. The fourth-order valence-corrected chi connectivity index (χ4v) is 7.25. The summed E-state index contributed by atoms with van der Waals surface area (Å²) >= 11 is 0. The van der Waals surface area contributed by atoms with Gasteiger partial charge in [-0.25, -0.2) is 30.2 Å². The number of imidazole rings is 1. The first-order valence-corrected chi connectivity index (χ1v) is 15.7. The Kier molecular flexibility index (Phi) is 6.29. The van der Waals surface area contributed by atoms with Crippen LogP contribution in [0.3, 0.4) is 0 Å². The van der Waals surface area contributed by atoms with Crippen molar-refractivity contribution in [1.29, 1.82) is 0 Å². The topological polar surface area (TPSA) is 108 Å². The highest BCUT2D eigenvalue weighted by atomic mass is 32.2. The van der Waals surface area contributed by atoms with Crippen molar-refractivity contribution in [2.45, 2.75) is 11.4 Å². The molecule has 0 aliphatic carbocycles. The fourth-order valence-electron chi connectivity index (χ4n) is 5.04. The highest BCUT2D eigenvalue weighted by Gasteiger charge is 2.25. The molecule has 0 bridgehead atoms. The van der Waals surface area contributed by atoms with Gasteiger partial charge in [0.05, 0.1) is 34.2 Å². The lowest BCUT2D eigenvalue weighted by atomic mass is 10.0. The number of piperazine rings is 1. The smallest absolute Gasteiger partial charge is 0.268 e. The van der Waals surface area contributed by atoms with E-state index in [9.17, 15) is 21.2 Å². The molecule has 1 aliphatic rings. The third-order valence-electron chi connectivity index (χ3n) is 7.05. The minimum atomic E-state index is -3.95. The van der Waals surface area contributed by atoms with E-state index in [0.717, 1.165) is 26.4 Å². The molecule has 9 nitrogen and oxygen atoms in total. The predicted octanol–water partition coefficient (Wildman–Crippen LogP) is 3.64. The number of aromatic amines is 1. The van der Waals surface area contributed by atoms with E-state index in [-0.39, 0.29) is 10.4 Å². The first-order chi connectivity index (χ1) is 18.6. The minimum absolute atomic E-state index is 0.115. The lowest BCUT2D eigenvalue weighted by Crippen LogP contribution is -2.47. The molecule has 0 spiro atoms. The zero-order chi connectivity index (χ0) is 27.4. The van der Waals surface area contributed by atoms with Gasteiger partial charge in [0, 0.05) is 43.3 Å². The van der Waals surface area contributed by atoms with Gasteiger partial charge in [-0.15, -0.1) is 0 Å². The van der Waals surface area contributed by atoms with Gasteiger partial charge in [0.2, 0.25) is 10.0 Å². The van der Waals surface area contributed by atoms with Crippen molar-refractivity contribution in [2.24, 2.45) is 0 Å². The van der Waals surface area contributed by atoms with Crippen LogP contribution >= 0.6 is 0 Å². The average Bonchev–Trinajstić information content (AvgIpc) is 3.49. The zero-order valence-corrected chi connectivity index (χ0v) is 22.7. The second kappa shape index (κ2) is 9.56. The molecule has 0 radical (unpaired) electrons. The largest absolute Gasteiger partial charge is 0.341 e. The molecule has 3 heterocycles. The maximum absolute atomic E-state index is 14.2. The number of halogens is 1. The molecular formula is C27H26FN5O4S2. The minimum Gasteiger partial charge on any atom is -0.341 e. The van der Waals surface area contributed by atoms with Crippen LogP contribution in [0.4, 0.5) is 4.39 Å². The van der Waals surface area contributed by atoms with E-state index in [1.54, 1.807) is 24.3 Å². The van der Waals surface area contributed by atoms with Gasteiger partial charge < -0.3 is 4.98 Å². The first kappa shape index (κ1) is 25.7. The van der Waals surface area contributed by atoms with Crippen molar-refractivity contribution in [3.8, 4) is 11.1 Å². The van der Waals surface area contributed by atoms with E-state index in [2.05, 4.69) is 14.9 Å². The number of sulfonamides is 1. The number of fused-ring (bicyclic) bond motifs is 2. The molecule has 2 aromatic heterocycles. The SMILES string of the molecule is CS(=O)(=O)N1CCN(Cc2nc3ccc(-c4cn(S(=O)(=O)c5ccccc5)c5cc(F)ccc45)cc3[nH]2)CC1. The molecule has 1 fully saturated rings. The normalized spacial score (nSPS) is 15.8. The summed E-state index contributed by atoms with van der Waals surface area (Å²) in [5.41, 5.74) is 3.21. The van der Waals surface area contributed by atoms with Crippen molar-refractivity contribution in [1.82, 2.24) is 23.1 Å². The van der Waals surface area contributed by atoms with Crippen molar-refractivity contribution in [2.75, 3.05) is 32.4 Å². The third-order valence-corrected chi connectivity index (χ3v) is 10.0. The highest BCUT2D eigenvalue weighted by molar-refractivity contribution is 7.90. The van der Waals surface area contributed by atoms with Gasteiger partial charge >= 0.3 is 0 Å². The number of hydrogen-bond acceptors (Lipinski definition) is 6. The Hall–Kier alpha value is -3.58. The second-order valence-electron chi connectivity index (χ2n) is 9.67. The fraction of sp³-hybridized carbons (Fsp3) is 0.222. The van der Waals surface area contributed by atoms with Crippen LogP contribution in [-0.4, -0.2) is 72.4 Å². The summed E-state index contributed by atoms with van der Waals surface area (Å²) in [5, 5.41) is 0.610. The molecule has 0 amide bonds. The van der Waals surface area contributed by atoms with Crippen LogP contribution in [0.2, 0.25) is 0 Å². The lowest BCUT2D eigenvalue weighted by molar-refractivity contribution is 0.179. The molecular weight excluding hydrogens is 541 g/mol. The van der Waals surface area contributed by atoms with Crippen LogP contribution in [0.5, 0.6) is 0 Å². The Morgan fingerprint density at radius 2 is 1.67 bits per heavy atom. The van der Waals surface area contributed by atoms with E-state index < -0.39 is 25.9 Å². The van der Waals surface area contributed by atoms with Crippen molar-refractivity contribution in [3.63, 3.8) is 0 Å². The van der Waals surface area contributed by atoms with Crippen LogP contribution in [0.15, 0.2) is 77.8 Å². The molecule has 39 heavy (non-hydrogen) atoms. The monoisotopic (exact) mass is 567 g/mol. The van der Waals surface area contributed by atoms with Gasteiger partial charge in [0.25, 0.3) is 10.0 Å². The van der Waals surface area contributed by atoms with Gasteiger partial charge in [-0.1, -0.05) is 24.3 Å². The Morgan fingerprint density at radius 1 is 0.923 bits per heavy atom. The van der Waals surface area contributed by atoms with Gasteiger partial charge in [-0.2, -0.15) is 4.31 Å². The molecule has 1 N–H and O–H groups in total. The quantitative estimate of drug-likeness (QED) is 0.336. The summed E-state index contributed by atoms with van der Waals surface area (Å²) < 4.78 is 67.4. The van der Waals surface area contributed by atoms with E-state index in [1.165, 1.54) is 41.0 Å². The predicted molar refractivity (Wildman–Crippen MR) is 148 cm³/mol. The molecule has 5 aromatic rings. The van der Waals surface area contributed by atoms with Crippen molar-refractivity contribution in [3.05, 3.63) is 84.6 Å². The van der Waals surface area contributed by atoms with Crippen LogP contribution in [-0.2, 0) is 26.6 Å². The number of nitrogens with one attached hydrogen (secondary N) is 1. The van der Waals surface area contributed by atoms with Gasteiger partial charge in [0.15, 0.2) is 0 Å². The summed E-state index contributed by atoms with van der Waals surface area (Å²) in [6.07, 6.45) is 2.76. The van der Waals surface area contributed by atoms with Gasteiger partial charge in [0.1, 0.15) is 11.6 Å². The number of rotatable bonds is 6. The van der Waals surface area contributed by atoms with Gasteiger partial charge in [-0.05, 0) is 48.0 Å². The molecule has 12 heteroatoms. The van der Waals surface area contributed by atoms with Crippen LogP contribution in [0, 0.1) is 5.82 Å². The number of hydrogen-bond donors (Lipinski definition) is 1. The summed E-state index contributed by atoms with van der Waals surface area (Å²) in [4.78, 5) is 10.3. The Morgan fingerprint density at radius 3 is 2.38 bits per heavy atom. The van der Waals surface area contributed by atoms with E-state index in [4.69, 9.17) is 0 Å².